The molecular formula is C16H16BrClN2O3S. The first-order valence-electron chi connectivity index (χ1n) is 6.92. The van der Waals surface area contributed by atoms with Crippen molar-refractivity contribution in [2.24, 2.45) is 0 Å². The summed E-state index contributed by atoms with van der Waals surface area (Å²) in [5.74, 6) is -0.247. The molecule has 0 aromatic heterocycles. The van der Waals surface area contributed by atoms with Gasteiger partial charge in [0.05, 0.1) is 10.7 Å². The fraction of sp³-hybridized carbons (Fsp3) is 0.188. The normalized spacial score (nSPS) is 11.2. The van der Waals surface area contributed by atoms with Gasteiger partial charge in [0.15, 0.2) is 0 Å². The maximum atomic E-state index is 12.6. The van der Waals surface area contributed by atoms with E-state index in [1.54, 1.807) is 32.3 Å². The highest BCUT2D eigenvalue weighted by molar-refractivity contribution is 9.10. The van der Waals surface area contributed by atoms with Crippen LogP contribution in [0, 0.1) is 6.92 Å². The van der Waals surface area contributed by atoms with Crippen LogP contribution in [0.2, 0.25) is 5.02 Å². The highest BCUT2D eigenvalue weighted by atomic mass is 79.9. The molecule has 0 aliphatic heterocycles. The van der Waals surface area contributed by atoms with Crippen LogP contribution >= 0.6 is 27.5 Å². The highest BCUT2D eigenvalue weighted by Crippen LogP contribution is 2.29. The third kappa shape index (κ3) is 4.09. The smallest absolute Gasteiger partial charge is 0.263 e. The zero-order chi connectivity index (χ0) is 18.1. The lowest BCUT2D eigenvalue weighted by molar-refractivity contribution is 0.0827. The Morgan fingerprint density at radius 3 is 2.42 bits per heavy atom. The molecule has 0 saturated carbocycles. The van der Waals surface area contributed by atoms with E-state index in [4.69, 9.17) is 11.6 Å². The minimum atomic E-state index is -3.85. The molecular weight excluding hydrogens is 416 g/mol. The topological polar surface area (TPSA) is 66.5 Å². The number of hydrogen-bond donors (Lipinski definition) is 1. The van der Waals surface area contributed by atoms with Gasteiger partial charge in [-0.25, -0.2) is 8.42 Å². The van der Waals surface area contributed by atoms with Crippen LogP contribution in [0.1, 0.15) is 15.9 Å². The van der Waals surface area contributed by atoms with E-state index in [9.17, 15) is 13.2 Å². The average molecular weight is 432 g/mol. The van der Waals surface area contributed by atoms with Crippen molar-refractivity contribution in [3.63, 3.8) is 0 Å². The average Bonchev–Trinajstić information content (AvgIpc) is 2.48. The van der Waals surface area contributed by atoms with Gasteiger partial charge < -0.3 is 4.90 Å². The molecule has 24 heavy (non-hydrogen) atoms. The van der Waals surface area contributed by atoms with E-state index in [-0.39, 0.29) is 21.5 Å². The molecule has 8 heteroatoms. The van der Waals surface area contributed by atoms with Crippen molar-refractivity contribution in [2.45, 2.75) is 11.8 Å². The minimum absolute atomic E-state index is 0.0912. The van der Waals surface area contributed by atoms with Crippen molar-refractivity contribution in [1.29, 1.82) is 0 Å². The third-order valence-electron chi connectivity index (χ3n) is 3.24. The zero-order valence-corrected chi connectivity index (χ0v) is 16.5. The summed E-state index contributed by atoms with van der Waals surface area (Å²) in [5, 5.41) is 0.206. The van der Waals surface area contributed by atoms with Crippen LogP contribution in [0.3, 0.4) is 0 Å². The van der Waals surface area contributed by atoms with Gasteiger partial charge in [0.1, 0.15) is 4.90 Å². The summed E-state index contributed by atoms with van der Waals surface area (Å²) < 4.78 is 28.1. The second kappa shape index (κ2) is 7.13. The lowest BCUT2D eigenvalue weighted by Gasteiger charge is -2.14. The van der Waals surface area contributed by atoms with Gasteiger partial charge in [-0.15, -0.1) is 0 Å². The maximum Gasteiger partial charge on any atom is 0.263 e. The van der Waals surface area contributed by atoms with E-state index in [2.05, 4.69) is 20.7 Å². The van der Waals surface area contributed by atoms with Gasteiger partial charge in [-0.1, -0.05) is 17.7 Å². The number of anilines is 1. The van der Waals surface area contributed by atoms with E-state index >= 15 is 0 Å². The molecule has 128 valence electrons. The van der Waals surface area contributed by atoms with Crippen molar-refractivity contribution in [1.82, 2.24) is 4.90 Å². The number of nitrogens with zero attached hydrogens (tertiary/aromatic N) is 1. The van der Waals surface area contributed by atoms with Crippen molar-refractivity contribution in [3.05, 3.63) is 57.0 Å². The zero-order valence-electron chi connectivity index (χ0n) is 13.3. The second-order valence-electron chi connectivity index (χ2n) is 5.43. The van der Waals surface area contributed by atoms with E-state index in [1.807, 2.05) is 6.92 Å². The summed E-state index contributed by atoms with van der Waals surface area (Å²) in [4.78, 5) is 13.5. The number of rotatable bonds is 4. The Morgan fingerprint density at radius 1 is 1.17 bits per heavy atom. The lowest BCUT2D eigenvalue weighted by Crippen LogP contribution is -2.22. The summed E-state index contributed by atoms with van der Waals surface area (Å²) >= 11 is 9.33. The Balaban J connectivity index is 2.42. The van der Waals surface area contributed by atoms with Crippen LogP contribution in [0.4, 0.5) is 5.69 Å². The molecule has 0 atom stereocenters. The molecule has 2 aromatic carbocycles. The van der Waals surface area contributed by atoms with Crippen LogP contribution in [0.25, 0.3) is 0 Å². The molecule has 2 rings (SSSR count). The number of hydrogen-bond acceptors (Lipinski definition) is 3. The molecule has 0 heterocycles. The van der Waals surface area contributed by atoms with Crippen LogP contribution in [0.5, 0.6) is 0 Å². The van der Waals surface area contributed by atoms with Gasteiger partial charge in [0.2, 0.25) is 0 Å². The van der Waals surface area contributed by atoms with E-state index in [0.717, 1.165) is 5.56 Å². The van der Waals surface area contributed by atoms with E-state index < -0.39 is 10.0 Å². The molecule has 1 N–H and O–H groups in total. The molecule has 2 aromatic rings. The number of amides is 1. The monoisotopic (exact) mass is 430 g/mol. The molecule has 0 unspecified atom stereocenters. The van der Waals surface area contributed by atoms with Crippen molar-refractivity contribution < 1.29 is 13.2 Å². The van der Waals surface area contributed by atoms with Crippen molar-refractivity contribution >= 4 is 49.1 Å². The Hall–Kier alpha value is -1.57. The third-order valence-corrected chi connectivity index (χ3v) is 5.91. The minimum Gasteiger partial charge on any atom is -0.345 e. The Bertz CT molecular complexity index is 898. The van der Waals surface area contributed by atoms with Gasteiger partial charge in [0.25, 0.3) is 15.9 Å². The lowest BCUT2D eigenvalue weighted by atomic mass is 10.2. The predicted octanol–water partition coefficient (Wildman–Crippen LogP) is 3.91. The van der Waals surface area contributed by atoms with Crippen LogP contribution in [-0.4, -0.2) is 33.3 Å². The van der Waals surface area contributed by atoms with Gasteiger partial charge in [-0.3, -0.25) is 9.52 Å². The van der Waals surface area contributed by atoms with Crippen molar-refractivity contribution in [3.8, 4) is 0 Å². The highest BCUT2D eigenvalue weighted by Gasteiger charge is 2.20. The summed E-state index contributed by atoms with van der Waals surface area (Å²) in [6, 6.07) is 9.37. The van der Waals surface area contributed by atoms with Gasteiger partial charge in [-0.05, 0) is 58.7 Å². The molecule has 0 saturated heterocycles. The fourth-order valence-corrected chi connectivity index (χ4v) is 4.50. The largest absolute Gasteiger partial charge is 0.345 e. The molecule has 5 nitrogen and oxygen atoms in total. The number of aryl methyl sites for hydroxylation is 1. The molecule has 0 fully saturated rings. The Labute approximate surface area is 154 Å². The SMILES string of the molecule is Cc1ccc(S(=O)(=O)Nc2cc(C(=O)N(C)C)ccc2Cl)c(Br)c1. The number of nitrogens with one attached hydrogen (secondary N) is 1. The standard InChI is InChI=1S/C16H16BrClN2O3S/c1-10-4-7-15(12(17)8-10)24(22,23)19-14-9-11(5-6-13(14)18)16(21)20(2)3/h4-9,19H,1-3H3. The summed E-state index contributed by atoms with van der Waals surface area (Å²) in [5.41, 5.74) is 1.42. The summed E-state index contributed by atoms with van der Waals surface area (Å²) in [7, 11) is -0.622. The van der Waals surface area contributed by atoms with Crippen LogP contribution in [-0.2, 0) is 10.0 Å². The summed E-state index contributed by atoms with van der Waals surface area (Å²) in [6.45, 7) is 1.86. The summed E-state index contributed by atoms with van der Waals surface area (Å²) in [6.07, 6.45) is 0. The van der Waals surface area contributed by atoms with Gasteiger partial charge in [0, 0.05) is 24.1 Å². The number of sulfonamides is 1. The molecule has 0 aliphatic carbocycles. The first kappa shape index (κ1) is 18.8. The van der Waals surface area contributed by atoms with E-state index in [0.29, 0.717) is 10.0 Å². The van der Waals surface area contributed by atoms with Gasteiger partial charge in [-0.2, -0.15) is 0 Å². The molecule has 0 aliphatic rings. The predicted molar refractivity (Wildman–Crippen MR) is 99.2 cm³/mol. The number of halogens is 2. The van der Waals surface area contributed by atoms with Gasteiger partial charge >= 0.3 is 0 Å². The Morgan fingerprint density at radius 2 is 1.83 bits per heavy atom. The van der Waals surface area contributed by atoms with E-state index in [1.165, 1.54) is 23.1 Å². The fourth-order valence-electron chi connectivity index (χ4n) is 2.02. The maximum absolute atomic E-state index is 12.6. The second-order valence-corrected chi connectivity index (χ2v) is 8.35. The first-order chi connectivity index (χ1) is 11.1. The number of carbonyl (C=O) groups is 1. The molecule has 1 amide bonds. The van der Waals surface area contributed by atoms with Crippen LogP contribution in [0.15, 0.2) is 45.8 Å². The quantitative estimate of drug-likeness (QED) is 0.798. The van der Waals surface area contributed by atoms with Crippen molar-refractivity contribution in [2.75, 3.05) is 18.8 Å². The van der Waals surface area contributed by atoms with Crippen LogP contribution < -0.4 is 4.72 Å². The first-order valence-corrected chi connectivity index (χ1v) is 9.57. The molecule has 0 radical (unpaired) electrons. The Kier molecular flexibility index (Phi) is 5.57. The molecule has 0 spiro atoms. The number of carbonyl (C=O) groups excluding carboxylic acids is 1. The molecule has 0 bridgehead atoms. The number of benzene rings is 2.